The molecule has 4 saturated carbocycles. The number of benzene rings is 1. The predicted molar refractivity (Wildman–Crippen MR) is 311 cm³/mol. The van der Waals surface area contributed by atoms with E-state index >= 15 is 4.79 Å². The second-order valence-electron chi connectivity index (χ2n) is 29.3. The van der Waals surface area contributed by atoms with Crippen LogP contribution >= 0.6 is 0 Å². The summed E-state index contributed by atoms with van der Waals surface area (Å²) in [4.78, 5) is 62.2. The number of nitrogens with one attached hydrogen (secondary N) is 2. The van der Waals surface area contributed by atoms with E-state index in [1.54, 1.807) is 0 Å². The molecule has 0 bridgehead atoms. The van der Waals surface area contributed by atoms with Gasteiger partial charge < -0.3 is 84.5 Å². The zero-order chi connectivity index (χ0) is 62.1. The number of esters is 1. The Balaban J connectivity index is 0.948. The Kier molecular flexibility index (Phi) is 19.7. The molecule has 1 aromatic carbocycles. The summed E-state index contributed by atoms with van der Waals surface area (Å²) in [6.45, 7) is 13.6. The summed E-state index contributed by atoms with van der Waals surface area (Å²) in [5.41, 5.74) is -2.37. The zero-order valence-electron chi connectivity index (χ0n) is 51.4. The van der Waals surface area contributed by atoms with E-state index in [-0.39, 0.29) is 53.3 Å². The maximum atomic E-state index is 15.7. The van der Waals surface area contributed by atoms with Crippen LogP contribution in [0.25, 0.3) is 0 Å². The average Bonchev–Trinajstić information content (AvgIpc) is 2.31. The van der Waals surface area contributed by atoms with E-state index in [4.69, 9.17) is 28.4 Å². The molecule has 5 aliphatic carbocycles. The summed E-state index contributed by atoms with van der Waals surface area (Å²) in [7, 11) is 0. The molecule has 11 N–H and O–H groups in total. The van der Waals surface area contributed by atoms with Crippen LogP contribution in [0.1, 0.15) is 142 Å². The molecule has 3 saturated heterocycles. The van der Waals surface area contributed by atoms with Gasteiger partial charge in [-0.2, -0.15) is 0 Å². The molecular weight excluding hydrogens is 1210 g/mol. The normalized spacial score (nSPS) is 45.1. The smallest absolute Gasteiger partial charge is 0.186 e. The Bertz CT molecular complexity index is 2600. The van der Waals surface area contributed by atoms with Crippen LogP contribution < -0.4 is 14.2 Å². The fourth-order valence-electron chi connectivity index (χ4n) is 17.1. The molecule has 0 aromatic heterocycles. The summed E-state index contributed by atoms with van der Waals surface area (Å²) < 4.78 is 37.9. The van der Waals surface area contributed by atoms with Gasteiger partial charge >= 0.3 is 127 Å². The first-order chi connectivity index (χ1) is 39.8. The summed E-state index contributed by atoms with van der Waals surface area (Å²) in [6.07, 6.45) is -13.8. The minimum absolute atomic E-state index is 0.0158. The van der Waals surface area contributed by atoms with Crippen molar-refractivity contribution in [1.29, 1.82) is 0 Å². The molecule has 24 atom stereocenters. The van der Waals surface area contributed by atoms with Gasteiger partial charge in [-0.3, -0.25) is 9.59 Å². The van der Waals surface area contributed by atoms with Crippen molar-refractivity contribution in [3.05, 3.63) is 41.5 Å². The number of aldehydes is 1. The number of aliphatic hydroxyl groups excluding tert-OH is 9. The number of hydrogen-bond acceptors (Lipinski definition) is 19. The first-order valence-electron chi connectivity index (χ1n) is 31.2. The topological polar surface area (TPSA) is 330 Å². The Hall–Kier alpha value is -2.72. The average molecular weight is 1310 g/mol. The van der Waals surface area contributed by atoms with Crippen LogP contribution in [0.3, 0.4) is 0 Å². The number of aliphatic hydroxyl groups is 9. The summed E-state index contributed by atoms with van der Waals surface area (Å²) in [5, 5.41) is 108. The van der Waals surface area contributed by atoms with Gasteiger partial charge in [-0.15, -0.1) is 0 Å². The Morgan fingerprint density at radius 3 is 2.09 bits per heavy atom. The van der Waals surface area contributed by atoms with Crippen molar-refractivity contribution in [3.8, 4) is 0 Å². The molecule has 7 fully saturated rings. The second kappa shape index (κ2) is 25.2. The Morgan fingerprint density at radius 2 is 1.42 bits per heavy atom. The van der Waals surface area contributed by atoms with Gasteiger partial charge in [0.15, 0.2) is 18.7 Å². The van der Waals surface area contributed by atoms with Crippen molar-refractivity contribution in [1.82, 2.24) is 10.6 Å². The minimum Gasteiger partial charge on any atom is -0.388 e. The van der Waals surface area contributed by atoms with Crippen LogP contribution in [0, 0.1) is 50.2 Å². The van der Waals surface area contributed by atoms with Crippen LogP contribution in [0.4, 0.5) is 0 Å². The maximum Gasteiger partial charge on any atom is 0.186 e. The first kappa shape index (κ1) is 66.7. The molecule has 478 valence electrons. The van der Waals surface area contributed by atoms with Crippen molar-refractivity contribution in [2.75, 3.05) is 19.8 Å². The standard InChI is InChI=1S/C60H89N2O19.3CH3.Sn/c1-31-48(79-51-46(72)43(69)35(65)29-76-51)45(71)47(73)52(77-31)80-49-44(70)42(62-41(68)16-12-9-13-25-61-50(74)32-14-10-8-11-15-32)36(28-63)78-53(49)81-54(75)60-24-23-55(2,3)26-34(60)33-17-18-38-56(4)21-20-39(66)57(5,30-64)37(56)19-22-58(38,6)59(33,7)27-40(60)67;;;;/h10-11,14-15,17,30-31,34-40,42-49,51-53,63,65-67,69-73H,9,12-13,16,18-29H2,1-7H3,(H,61,74)(H,62,68);3*1H3;/t31-,34-,35+,36+,37+,38+,39-,40+,42-,43-,44-,45-,46+,47+,48-,49+,51-,52-,53-,56-,57-,58+,59+,60+;;;;/m0..../s1. The molecule has 0 unspecified atom stereocenters. The third kappa shape index (κ3) is 12.1. The molecule has 21 nitrogen and oxygen atoms in total. The van der Waals surface area contributed by atoms with Crippen molar-refractivity contribution >= 4 is 46.0 Å². The summed E-state index contributed by atoms with van der Waals surface area (Å²) in [6, 6.07) is 6.35. The SMILES string of the molecule is C[C@@H]1O[C@@H](O[C@H]2[C@H](OC(=O)[C@]34CCC(C)(C)C[C@H]3C3=CC[C@@H]5[C@@]6(C)CC[C@H](O)[C@@](C)(C=O)[C@@H]6CC[C@@]5(C)[C@]3(C)C[C@H]4O)O[C@H](CO)[C@H](NC(=O)CCCCCNC(=O)c3cc[c]([Sn]([CH3])([CH3])[CH3])cc3)[C@@H]2O)[C@H](O)[C@H](O)[C@H]1O[C@@H]1OC[C@@H](O)[C@H](O)[C@H]1O. The molecule has 1 aromatic rings. The van der Waals surface area contributed by atoms with Gasteiger partial charge in [-0.1, -0.05) is 53.2 Å². The second-order valence-corrected chi connectivity index (χ2v) is 43.8. The summed E-state index contributed by atoms with van der Waals surface area (Å²) >= 11 is -2.29. The molecule has 85 heavy (non-hydrogen) atoms. The molecule has 0 radical (unpaired) electrons. The van der Waals surface area contributed by atoms with E-state index < -0.39 is 164 Å². The number of rotatable bonds is 17. The van der Waals surface area contributed by atoms with Crippen molar-refractivity contribution in [3.63, 3.8) is 0 Å². The summed E-state index contributed by atoms with van der Waals surface area (Å²) in [5.74, 6) is -2.02. The molecule has 3 aliphatic heterocycles. The van der Waals surface area contributed by atoms with Crippen LogP contribution in [0.2, 0.25) is 14.8 Å². The van der Waals surface area contributed by atoms with E-state index in [0.717, 1.165) is 24.7 Å². The number of fused-ring (bicyclic) bond motifs is 7. The number of ether oxygens (including phenoxy) is 6. The molecule has 8 aliphatic rings. The van der Waals surface area contributed by atoms with E-state index in [9.17, 15) is 60.3 Å². The monoisotopic (exact) mass is 1310 g/mol. The van der Waals surface area contributed by atoms with Gasteiger partial charge in [0.25, 0.3) is 0 Å². The van der Waals surface area contributed by atoms with Crippen molar-refractivity contribution in [2.45, 2.75) is 245 Å². The van der Waals surface area contributed by atoms with Gasteiger partial charge in [0.1, 0.15) is 60.5 Å². The number of allylic oxidation sites excluding steroid dienone is 2. The molecule has 22 heteroatoms. The first-order valence-corrected chi connectivity index (χ1v) is 41.2. The number of carbonyl (C=O) groups is 4. The number of amides is 2. The van der Waals surface area contributed by atoms with Gasteiger partial charge in [0.2, 0.25) is 6.29 Å². The number of hydrogen-bond donors (Lipinski definition) is 11. The largest absolute Gasteiger partial charge is 0.388 e. The Labute approximate surface area is 504 Å². The van der Waals surface area contributed by atoms with Crippen LogP contribution in [0.5, 0.6) is 0 Å². The number of carbonyl (C=O) groups excluding carboxylic acids is 4. The predicted octanol–water partition coefficient (Wildman–Crippen LogP) is 2.62. The van der Waals surface area contributed by atoms with Gasteiger partial charge in [0.05, 0.1) is 43.0 Å². The van der Waals surface area contributed by atoms with Crippen LogP contribution in [-0.2, 0) is 42.8 Å². The number of unbranched alkanes of at least 4 members (excludes halogenated alkanes) is 2. The third-order valence-corrected chi connectivity index (χ3v) is 28.5. The van der Waals surface area contributed by atoms with Crippen LogP contribution in [-0.4, -0.2) is 206 Å². The van der Waals surface area contributed by atoms with E-state index in [1.165, 1.54) is 10.5 Å². The quantitative estimate of drug-likeness (QED) is 0.0351. The fourth-order valence-corrected chi connectivity index (χ4v) is 20.4. The minimum atomic E-state index is -2.29. The molecule has 2 amide bonds. The van der Waals surface area contributed by atoms with Crippen molar-refractivity contribution in [2.24, 2.45) is 50.2 Å². The molecule has 0 spiro atoms. The zero-order valence-corrected chi connectivity index (χ0v) is 54.2. The Morgan fingerprint density at radius 1 is 0.741 bits per heavy atom. The van der Waals surface area contributed by atoms with Gasteiger partial charge in [-0.05, 0) is 104 Å². The van der Waals surface area contributed by atoms with E-state index in [0.29, 0.717) is 63.5 Å². The molecule has 9 rings (SSSR count). The third-order valence-electron chi connectivity index (χ3n) is 22.6. The van der Waals surface area contributed by atoms with Crippen LogP contribution in [0.15, 0.2) is 35.9 Å². The molecule has 3 heterocycles. The van der Waals surface area contributed by atoms with E-state index in [2.05, 4.69) is 66.1 Å². The maximum absolute atomic E-state index is 15.7. The fraction of sp³-hybridized carbons (Fsp3) is 0.810. The van der Waals surface area contributed by atoms with Gasteiger partial charge in [0, 0.05) is 0 Å². The van der Waals surface area contributed by atoms with Gasteiger partial charge in [-0.25, -0.2) is 0 Å². The van der Waals surface area contributed by atoms with E-state index in [1.807, 2.05) is 31.2 Å². The van der Waals surface area contributed by atoms with Crippen molar-refractivity contribution < 1.29 is 93.6 Å². The molecular formula is C63H98N2O19Sn.